The van der Waals surface area contributed by atoms with Gasteiger partial charge in [-0.15, -0.1) is 0 Å². The zero-order chi connectivity index (χ0) is 20.6. The number of furan rings is 1. The summed E-state index contributed by atoms with van der Waals surface area (Å²) < 4.78 is 5.02. The maximum atomic E-state index is 12.2. The molecule has 29 heavy (non-hydrogen) atoms. The Morgan fingerprint density at radius 1 is 0.759 bits per heavy atom. The van der Waals surface area contributed by atoms with E-state index in [-0.39, 0.29) is 36.6 Å². The number of hydrogen-bond donors (Lipinski definition) is 3. The van der Waals surface area contributed by atoms with Gasteiger partial charge in [-0.2, -0.15) is 0 Å². The van der Waals surface area contributed by atoms with Crippen molar-refractivity contribution in [3.8, 4) is 0 Å². The Labute approximate surface area is 172 Å². The molecule has 0 unspecified atom stereocenters. The highest BCUT2D eigenvalue weighted by molar-refractivity contribution is 6.30. The second kappa shape index (κ2) is 9.57. The Morgan fingerprint density at radius 2 is 1.31 bits per heavy atom. The van der Waals surface area contributed by atoms with Crippen molar-refractivity contribution >= 4 is 35.0 Å². The maximum Gasteiger partial charge on any atom is 0.291 e. The van der Waals surface area contributed by atoms with Gasteiger partial charge < -0.3 is 20.4 Å². The molecule has 3 N–H and O–H groups in total. The predicted octanol–water partition coefficient (Wildman–Crippen LogP) is 3.35. The summed E-state index contributed by atoms with van der Waals surface area (Å²) >= 11 is 5.79. The van der Waals surface area contributed by atoms with E-state index in [9.17, 15) is 14.4 Å². The Kier molecular flexibility index (Phi) is 6.65. The molecule has 3 amide bonds. The lowest BCUT2D eigenvalue weighted by atomic mass is 10.2. The molecular formula is C21H18ClN3O4. The monoisotopic (exact) mass is 411 g/mol. The Hall–Kier alpha value is -3.58. The zero-order valence-electron chi connectivity index (χ0n) is 15.3. The Bertz CT molecular complexity index is 984. The number of benzene rings is 2. The van der Waals surface area contributed by atoms with Crippen LogP contribution >= 0.6 is 11.6 Å². The van der Waals surface area contributed by atoms with Gasteiger partial charge in [0.25, 0.3) is 17.7 Å². The Balaban J connectivity index is 1.43. The number of nitrogens with one attached hydrogen (secondary N) is 3. The van der Waals surface area contributed by atoms with E-state index in [4.69, 9.17) is 16.0 Å². The fourth-order valence-electron chi connectivity index (χ4n) is 2.46. The molecule has 3 aromatic rings. The van der Waals surface area contributed by atoms with Gasteiger partial charge in [0, 0.05) is 34.9 Å². The average molecular weight is 412 g/mol. The van der Waals surface area contributed by atoms with Crippen molar-refractivity contribution < 1.29 is 18.8 Å². The number of rotatable bonds is 7. The van der Waals surface area contributed by atoms with Crippen molar-refractivity contribution in [1.29, 1.82) is 0 Å². The van der Waals surface area contributed by atoms with Crippen molar-refractivity contribution in [1.82, 2.24) is 10.6 Å². The lowest BCUT2D eigenvalue weighted by Crippen LogP contribution is -2.34. The third kappa shape index (κ3) is 5.70. The van der Waals surface area contributed by atoms with Crippen molar-refractivity contribution in [2.75, 3.05) is 18.4 Å². The zero-order valence-corrected chi connectivity index (χ0v) is 16.0. The van der Waals surface area contributed by atoms with Crippen molar-refractivity contribution in [2.45, 2.75) is 0 Å². The van der Waals surface area contributed by atoms with Crippen molar-refractivity contribution in [2.24, 2.45) is 0 Å². The van der Waals surface area contributed by atoms with Gasteiger partial charge in [-0.05, 0) is 60.7 Å². The number of halogens is 1. The standard InChI is InChI=1S/C21H18ClN3O4/c22-16-7-3-14(4-8-16)19(26)23-11-12-24-20(27)15-5-9-17(10-6-15)25-21(28)18-2-1-13-29-18/h1-10,13H,11-12H2,(H,23,26)(H,24,27)(H,25,28). The largest absolute Gasteiger partial charge is 0.459 e. The topological polar surface area (TPSA) is 100 Å². The van der Waals surface area contributed by atoms with Crippen LogP contribution in [0.25, 0.3) is 0 Å². The minimum Gasteiger partial charge on any atom is -0.459 e. The molecule has 0 radical (unpaired) electrons. The average Bonchev–Trinajstić information content (AvgIpc) is 3.27. The summed E-state index contributed by atoms with van der Waals surface area (Å²) in [5.41, 5.74) is 1.47. The van der Waals surface area contributed by atoms with E-state index in [1.165, 1.54) is 6.26 Å². The van der Waals surface area contributed by atoms with E-state index in [0.717, 1.165) is 0 Å². The first-order chi connectivity index (χ1) is 14.0. The third-order valence-electron chi connectivity index (χ3n) is 3.95. The van der Waals surface area contributed by atoms with E-state index >= 15 is 0 Å². The normalized spacial score (nSPS) is 10.2. The van der Waals surface area contributed by atoms with Gasteiger partial charge in [0.15, 0.2) is 5.76 Å². The lowest BCUT2D eigenvalue weighted by molar-refractivity contribution is 0.0927. The van der Waals surface area contributed by atoms with Gasteiger partial charge in [-0.25, -0.2) is 0 Å². The van der Waals surface area contributed by atoms with Crippen molar-refractivity contribution in [3.05, 3.63) is 88.8 Å². The molecule has 2 aromatic carbocycles. The Morgan fingerprint density at radius 3 is 1.83 bits per heavy atom. The van der Waals surface area contributed by atoms with Crippen molar-refractivity contribution in [3.63, 3.8) is 0 Å². The smallest absolute Gasteiger partial charge is 0.291 e. The molecule has 0 atom stereocenters. The summed E-state index contributed by atoms with van der Waals surface area (Å²) in [6, 6.07) is 16.2. The summed E-state index contributed by atoms with van der Waals surface area (Å²) in [6.07, 6.45) is 1.42. The first kappa shape index (κ1) is 20.2. The number of carbonyl (C=O) groups excluding carboxylic acids is 3. The van der Waals surface area contributed by atoms with Gasteiger partial charge in [0.05, 0.1) is 6.26 Å². The molecule has 3 rings (SSSR count). The highest BCUT2D eigenvalue weighted by Crippen LogP contribution is 2.12. The number of carbonyl (C=O) groups is 3. The molecule has 0 fully saturated rings. The molecule has 1 aromatic heterocycles. The molecule has 0 saturated carbocycles. The minimum absolute atomic E-state index is 0.201. The summed E-state index contributed by atoms with van der Waals surface area (Å²) in [7, 11) is 0. The summed E-state index contributed by atoms with van der Waals surface area (Å²) in [5.74, 6) is -0.696. The van der Waals surface area contributed by atoms with Crippen LogP contribution in [0.1, 0.15) is 31.3 Å². The SMILES string of the molecule is O=C(NCCNC(=O)c1ccc(NC(=O)c2ccco2)cc1)c1ccc(Cl)cc1. The first-order valence-corrected chi connectivity index (χ1v) is 9.17. The van der Waals surface area contributed by atoms with Crippen LogP contribution in [0.5, 0.6) is 0 Å². The second-order valence-corrected chi connectivity index (χ2v) is 6.46. The van der Waals surface area contributed by atoms with Crippen LogP contribution in [0.3, 0.4) is 0 Å². The van der Waals surface area contributed by atoms with E-state index < -0.39 is 0 Å². The van der Waals surface area contributed by atoms with Gasteiger partial charge in [0.1, 0.15) is 0 Å². The molecule has 148 valence electrons. The second-order valence-electron chi connectivity index (χ2n) is 6.03. The van der Waals surface area contributed by atoms with Gasteiger partial charge in [0.2, 0.25) is 0 Å². The highest BCUT2D eigenvalue weighted by Gasteiger charge is 2.10. The minimum atomic E-state index is -0.372. The summed E-state index contributed by atoms with van der Waals surface area (Å²) in [6.45, 7) is 0.555. The predicted molar refractivity (Wildman–Crippen MR) is 109 cm³/mol. The van der Waals surface area contributed by atoms with E-state index in [1.54, 1.807) is 60.7 Å². The van der Waals surface area contributed by atoms with E-state index in [2.05, 4.69) is 16.0 Å². The molecular weight excluding hydrogens is 394 g/mol. The molecule has 0 aliphatic carbocycles. The fourth-order valence-corrected chi connectivity index (χ4v) is 2.59. The van der Waals surface area contributed by atoms with Crippen LogP contribution in [0.4, 0.5) is 5.69 Å². The summed E-state index contributed by atoms with van der Waals surface area (Å²) in [5, 5.41) is 8.67. The van der Waals surface area contributed by atoms with Crippen LogP contribution in [0.15, 0.2) is 71.3 Å². The van der Waals surface area contributed by atoms with E-state index in [1.807, 2.05) is 0 Å². The first-order valence-electron chi connectivity index (χ1n) is 8.80. The number of amides is 3. The fraction of sp³-hybridized carbons (Fsp3) is 0.0952. The van der Waals surface area contributed by atoms with Crippen LogP contribution in [-0.4, -0.2) is 30.8 Å². The van der Waals surface area contributed by atoms with E-state index in [0.29, 0.717) is 21.8 Å². The third-order valence-corrected chi connectivity index (χ3v) is 4.20. The maximum absolute atomic E-state index is 12.2. The van der Waals surface area contributed by atoms with Crippen LogP contribution in [0, 0.1) is 0 Å². The van der Waals surface area contributed by atoms with Gasteiger partial charge in [-0.1, -0.05) is 11.6 Å². The number of hydrogen-bond acceptors (Lipinski definition) is 4. The molecule has 0 saturated heterocycles. The van der Waals surface area contributed by atoms with Crippen LogP contribution in [0.2, 0.25) is 5.02 Å². The molecule has 0 aliphatic rings. The molecule has 8 heteroatoms. The lowest BCUT2D eigenvalue weighted by Gasteiger charge is -2.08. The van der Waals surface area contributed by atoms with Gasteiger partial charge >= 0.3 is 0 Å². The van der Waals surface area contributed by atoms with Crippen LogP contribution in [-0.2, 0) is 0 Å². The number of anilines is 1. The quantitative estimate of drug-likeness (QED) is 0.519. The molecule has 0 spiro atoms. The molecule has 1 heterocycles. The van der Waals surface area contributed by atoms with Crippen LogP contribution < -0.4 is 16.0 Å². The highest BCUT2D eigenvalue weighted by atomic mass is 35.5. The summed E-state index contributed by atoms with van der Waals surface area (Å²) in [4.78, 5) is 36.1. The molecule has 7 nitrogen and oxygen atoms in total. The molecule has 0 bridgehead atoms. The van der Waals surface area contributed by atoms with Gasteiger partial charge in [-0.3, -0.25) is 14.4 Å². The molecule has 0 aliphatic heterocycles.